The molecular weight excluding hydrogens is 379 g/mol. The molecule has 0 saturated carbocycles. The highest BCUT2D eigenvalue weighted by atomic mass is 127. The molecule has 19 heavy (non-hydrogen) atoms. The van der Waals surface area contributed by atoms with E-state index in [1.807, 2.05) is 18.2 Å². The molecular formula is C12H9IN2O3S. The number of aromatic carboxylic acids is 1. The first-order chi connectivity index (χ1) is 9.08. The number of carboxylic acid groups (broad SMARTS) is 1. The third kappa shape index (κ3) is 3.44. The normalized spacial score (nSPS) is 9.95. The number of halogens is 1. The highest BCUT2D eigenvalue weighted by Crippen LogP contribution is 2.24. The third-order valence-electron chi connectivity index (χ3n) is 2.24. The van der Waals surface area contributed by atoms with E-state index in [2.05, 4.69) is 33.2 Å². The van der Waals surface area contributed by atoms with Gasteiger partial charge in [0.25, 0.3) is 0 Å². The summed E-state index contributed by atoms with van der Waals surface area (Å²) in [5, 5.41) is 16.1. The summed E-state index contributed by atoms with van der Waals surface area (Å²) in [5.74, 6) is -1.06. The molecule has 5 nitrogen and oxygen atoms in total. The fraction of sp³-hybridized carbons (Fsp3) is 0. The summed E-state index contributed by atoms with van der Waals surface area (Å²) in [6.07, 6.45) is 0. The summed E-state index contributed by atoms with van der Waals surface area (Å²) in [5.41, 5.74) is 0.761. The van der Waals surface area contributed by atoms with Crippen molar-refractivity contribution in [1.82, 2.24) is 0 Å². The number of hydrogen-bond acceptors (Lipinski definition) is 3. The Kier molecular flexibility index (Phi) is 4.38. The molecule has 2 aromatic rings. The largest absolute Gasteiger partial charge is 0.478 e. The number of urea groups is 1. The minimum atomic E-state index is -1.06. The summed E-state index contributed by atoms with van der Waals surface area (Å²) < 4.78 is 0.903. The van der Waals surface area contributed by atoms with Crippen molar-refractivity contribution in [3.63, 3.8) is 0 Å². The van der Waals surface area contributed by atoms with Crippen LogP contribution in [-0.4, -0.2) is 17.1 Å². The lowest BCUT2D eigenvalue weighted by Gasteiger charge is -2.08. The van der Waals surface area contributed by atoms with Crippen molar-refractivity contribution >= 4 is 56.6 Å². The van der Waals surface area contributed by atoms with E-state index in [0.29, 0.717) is 10.7 Å². The van der Waals surface area contributed by atoms with E-state index in [9.17, 15) is 9.59 Å². The number of thiophene rings is 1. The maximum absolute atomic E-state index is 11.8. The quantitative estimate of drug-likeness (QED) is 0.702. The van der Waals surface area contributed by atoms with E-state index in [4.69, 9.17) is 5.11 Å². The van der Waals surface area contributed by atoms with Crippen LogP contribution in [0.15, 0.2) is 35.7 Å². The smallest absolute Gasteiger partial charge is 0.338 e. The van der Waals surface area contributed by atoms with Gasteiger partial charge in [0.1, 0.15) is 5.00 Å². The van der Waals surface area contributed by atoms with E-state index in [0.717, 1.165) is 3.57 Å². The molecule has 0 radical (unpaired) electrons. The zero-order valence-corrected chi connectivity index (χ0v) is 12.5. The van der Waals surface area contributed by atoms with Crippen molar-refractivity contribution in [1.29, 1.82) is 0 Å². The van der Waals surface area contributed by atoms with E-state index in [1.54, 1.807) is 11.4 Å². The molecule has 0 bridgehead atoms. The minimum absolute atomic E-state index is 0.0860. The van der Waals surface area contributed by atoms with Gasteiger partial charge in [-0.2, -0.15) is 0 Å². The maximum atomic E-state index is 11.8. The predicted molar refractivity (Wildman–Crippen MR) is 83.1 cm³/mol. The fourth-order valence-electron chi connectivity index (χ4n) is 1.39. The Bertz CT molecular complexity index is 627. The maximum Gasteiger partial charge on any atom is 0.338 e. The predicted octanol–water partition coefficient (Wildman–Crippen LogP) is 3.69. The first kappa shape index (κ1) is 13.8. The number of para-hydroxylation sites is 1. The second-order valence-electron chi connectivity index (χ2n) is 3.53. The van der Waals surface area contributed by atoms with Gasteiger partial charge in [0.05, 0.1) is 11.3 Å². The van der Waals surface area contributed by atoms with Gasteiger partial charge in [-0.3, -0.25) is 5.32 Å². The van der Waals surface area contributed by atoms with Crippen LogP contribution in [0.5, 0.6) is 0 Å². The Balaban J connectivity index is 2.08. The number of rotatable bonds is 3. The molecule has 98 valence electrons. The van der Waals surface area contributed by atoms with Crippen LogP contribution in [0.4, 0.5) is 15.5 Å². The summed E-state index contributed by atoms with van der Waals surface area (Å²) in [7, 11) is 0. The molecule has 1 aromatic heterocycles. The average molecular weight is 388 g/mol. The van der Waals surface area contributed by atoms with Crippen molar-refractivity contribution in [2.75, 3.05) is 10.6 Å². The Labute approximate surface area is 126 Å². The second-order valence-corrected chi connectivity index (χ2v) is 5.61. The van der Waals surface area contributed by atoms with Crippen LogP contribution in [-0.2, 0) is 0 Å². The average Bonchev–Trinajstić information content (AvgIpc) is 2.80. The Morgan fingerprint density at radius 1 is 1.16 bits per heavy atom. The van der Waals surface area contributed by atoms with Gasteiger partial charge in [-0.1, -0.05) is 12.1 Å². The fourth-order valence-corrected chi connectivity index (χ4v) is 2.69. The number of nitrogens with one attached hydrogen (secondary N) is 2. The molecule has 3 N–H and O–H groups in total. The zero-order valence-electron chi connectivity index (χ0n) is 9.51. The first-order valence-corrected chi connectivity index (χ1v) is 7.17. The second kappa shape index (κ2) is 6.02. The van der Waals surface area contributed by atoms with E-state index >= 15 is 0 Å². The van der Waals surface area contributed by atoms with Gasteiger partial charge in [-0.15, -0.1) is 11.3 Å². The molecule has 0 unspecified atom stereocenters. The van der Waals surface area contributed by atoms with Gasteiger partial charge in [0.15, 0.2) is 0 Å². The Morgan fingerprint density at radius 2 is 1.89 bits per heavy atom. The molecule has 0 aliphatic carbocycles. The van der Waals surface area contributed by atoms with E-state index in [-0.39, 0.29) is 5.56 Å². The SMILES string of the molecule is O=C(Nc1ccccc1I)Nc1sccc1C(=O)O. The highest BCUT2D eigenvalue weighted by Gasteiger charge is 2.14. The number of benzene rings is 1. The lowest BCUT2D eigenvalue weighted by Crippen LogP contribution is -2.20. The molecule has 7 heteroatoms. The van der Waals surface area contributed by atoms with Crippen molar-refractivity contribution < 1.29 is 14.7 Å². The van der Waals surface area contributed by atoms with Crippen LogP contribution in [0.25, 0.3) is 0 Å². The highest BCUT2D eigenvalue weighted by molar-refractivity contribution is 14.1. The van der Waals surface area contributed by atoms with Crippen LogP contribution in [0.2, 0.25) is 0 Å². The van der Waals surface area contributed by atoms with Crippen LogP contribution in [0.1, 0.15) is 10.4 Å². The minimum Gasteiger partial charge on any atom is -0.478 e. The molecule has 0 saturated heterocycles. The molecule has 2 amide bonds. The van der Waals surface area contributed by atoms with Gasteiger partial charge in [0.2, 0.25) is 0 Å². The van der Waals surface area contributed by atoms with Crippen LogP contribution >= 0.6 is 33.9 Å². The summed E-state index contributed by atoms with van der Waals surface area (Å²) in [6, 6.07) is 8.31. The number of anilines is 2. The number of carbonyl (C=O) groups excluding carboxylic acids is 1. The number of hydrogen-bond donors (Lipinski definition) is 3. The van der Waals surface area contributed by atoms with Crippen molar-refractivity contribution in [2.45, 2.75) is 0 Å². The van der Waals surface area contributed by atoms with Crippen molar-refractivity contribution in [3.05, 3.63) is 44.8 Å². The van der Waals surface area contributed by atoms with E-state index in [1.165, 1.54) is 17.4 Å². The van der Waals surface area contributed by atoms with Gasteiger partial charge < -0.3 is 10.4 Å². The topological polar surface area (TPSA) is 78.4 Å². The lowest BCUT2D eigenvalue weighted by atomic mass is 10.3. The van der Waals surface area contributed by atoms with Crippen molar-refractivity contribution in [3.8, 4) is 0 Å². The van der Waals surface area contributed by atoms with Gasteiger partial charge in [-0.25, -0.2) is 9.59 Å². The summed E-state index contributed by atoms with van der Waals surface area (Å²) in [4.78, 5) is 22.7. The Hall–Kier alpha value is -1.61. The third-order valence-corrected chi connectivity index (χ3v) is 4.02. The summed E-state index contributed by atoms with van der Waals surface area (Å²) >= 11 is 3.27. The van der Waals surface area contributed by atoms with Crippen LogP contribution in [0.3, 0.4) is 0 Å². The van der Waals surface area contributed by atoms with Gasteiger partial charge in [-0.05, 0) is 46.2 Å². The standard InChI is InChI=1S/C12H9IN2O3S/c13-8-3-1-2-4-9(8)14-12(18)15-10-7(11(16)17)5-6-19-10/h1-6H,(H,16,17)(H2,14,15,18). The lowest BCUT2D eigenvalue weighted by molar-refractivity contribution is 0.0698. The molecule has 0 spiro atoms. The zero-order chi connectivity index (χ0) is 13.8. The molecule has 1 aromatic carbocycles. The molecule has 2 rings (SSSR count). The summed E-state index contributed by atoms with van der Waals surface area (Å²) in [6.45, 7) is 0. The van der Waals surface area contributed by atoms with Crippen molar-refractivity contribution in [2.24, 2.45) is 0 Å². The Morgan fingerprint density at radius 3 is 2.58 bits per heavy atom. The molecule has 0 aliphatic rings. The monoisotopic (exact) mass is 388 g/mol. The van der Waals surface area contributed by atoms with Crippen LogP contribution in [0, 0.1) is 3.57 Å². The first-order valence-electron chi connectivity index (χ1n) is 5.21. The molecule has 0 atom stereocenters. The number of carboxylic acids is 1. The molecule has 0 fully saturated rings. The molecule has 0 aliphatic heterocycles. The van der Waals surface area contributed by atoms with Gasteiger partial charge >= 0.3 is 12.0 Å². The molecule has 1 heterocycles. The van der Waals surface area contributed by atoms with Crippen LogP contribution < -0.4 is 10.6 Å². The van der Waals surface area contributed by atoms with E-state index < -0.39 is 12.0 Å². The number of amides is 2. The van der Waals surface area contributed by atoms with Gasteiger partial charge in [0, 0.05) is 3.57 Å². The number of carbonyl (C=O) groups is 2.